The van der Waals surface area contributed by atoms with Gasteiger partial charge in [0.05, 0.1) is 5.60 Å². The van der Waals surface area contributed by atoms with Gasteiger partial charge in [-0.3, -0.25) is 0 Å². The third kappa shape index (κ3) is 4.63. The van der Waals surface area contributed by atoms with E-state index in [4.69, 9.17) is 0 Å². The number of hydrogen-bond donors (Lipinski definition) is 1. The molecule has 0 aromatic carbocycles. The average Bonchev–Trinajstić information content (AvgIpc) is 2.03. The van der Waals surface area contributed by atoms with Crippen LogP contribution in [0, 0.1) is 5.92 Å². The molecule has 0 fully saturated rings. The van der Waals surface area contributed by atoms with Gasteiger partial charge in [0.15, 0.2) is 0 Å². The summed E-state index contributed by atoms with van der Waals surface area (Å²) in [6.07, 6.45) is 1.15. The Morgan fingerprint density at radius 1 is 1.31 bits per heavy atom. The van der Waals surface area contributed by atoms with Gasteiger partial charge in [0.25, 0.3) is 0 Å². The van der Waals surface area contributed by atoms with Crippen molar-refractivity contribution in [2.45, 2.75) is 46.6 Å². The highest BCUT2D eigenvalue weighted by atomic mass is 16.3. The van der Waals surface area contributed by atoms with Gasteiger partial charge in [0.2, 0.25) is 0 Å². The molecule has 0 aliphatic rings. The lowest BCUT2D eigenvalue weighted by Gasteiger charge is -2.33. The molecule has 0 radical (unpaired) electrons. The smallest absolute Gasteiger partial charge is 0.0768 e. The summed E-state index contributed by atoms with van der Waals surface area (Å²) >= 11 is 0. The molecule has 80 valence electrons. The van der Waals surface area contributed by atoms with E-state index < -0.39 is 5.60 Å². The molecule has 0 saturated heterocycles. The normalized spacial score (nSPS) is 16.6. The van der Waals surface area contributed by atoms with Gasteiger partial charge in [-0.1, -0.05) is 27.7 Å². The highest BCUT2D eigenvalue weighted by Crippen LogP contribution is 2.17. The molecule has 0 aliphatic carbocycles. The predicted octanol–water partition coefficient (Wildman–Crippen LogP) is 2.13. The minimum atomic E-state index is -0.550. The van der Waals surface area contributed by atoms with Gasteiger partial charge in [-0.15, -0.1) is 0 Å². The minimum Gasteiger partial charge on any atom is -0.389 e. The Morgan fingerprint density at radius 2 is 1.85 bits per heavy atom. The Bertz CT molecular complexity index is 132. The Labute approximate surface area is 82.9 Å². The largest absolute Gasteiger partial charge is 0.389 e. The van der Waals surface area contributed by atoms with Crippen molar-refractivity contribution in [3.8, 4) is 0 Å². The lowest BCUT2D eigenvalue weighted by atomic mass is 9.92. The van der Waals surface area contributed by atoms with Crippen LogP contribution in [-0.4, -0.2) is 35.2 Å². The van der Waals surface area contributed by atoms with Crippen LogP contribution < -0.4 is 0 Å². The molecule has 0 saturated carbocycles. The van der Waals surface area contributed by atoms with E-state index >= 15 is 0 Å². The van der Waals surface area contributed by atoms with Crippen molar-refractivity contribution in [3.63, 3.8) is 0 Å². The molecule has 2 nitrogen and oxygen atoms in total. The Balaban J connectivity index is 4.05. The van der Waals surface area contributed by atoms with Crippen molar-refractivity contribution >= 4 is 0 Å². The van der Waals surface area contributed by atoms with Crippen LogP contribution in [0.1, 0.15) is 41.0 Å². The predicted molar refractivity (Wildman–Crippen MR) is 57.9 cm³/mol. The third-order valence-corrected chi connectivity index (χ3v) is 2.77. The molecule has 1 atom stereocenters. The lowest BCUT2D eigenvalue weighted by molar-refractivity contribution is -0.0176. The van der Waals surface area contributed by atoms with Gasteiger partial charge in [-0.25, -0.2) is 0 Å². The van der Waals surface area contributed by atoms with Crippen LogP contribution in [0.5, 0.6) is 0 Å². The fourth-order valence-electron chi connectivity index (χ4n) is 1.30. The molecule has 0 rings (SSSR count). The second-order valence-corrected chi connectivity index (χ2v) is 4.38. The first-order valence-corrected chi connectivity index (χ1v) is 5.38. The van der Waals surface area contributed by atoms with Crippen molar-refractivity contribution in [3.05, 3.63) is 0 Å². The Kier molecular flexibility index (Phi) is 5.57. The average molecular weight is 187 g/mol. The van der Waals surface area contributed by atoms with Gasteiger partial charge in [-0.2, -0.15) is 0 Å². The van der Waals surface area contributed by atoms with Crippen LogP contribution in [0.25, 0.3) is 0 Å². The molecule has 0 aliphatic heterocycles. The number of aliphatic hydroxyl groups is 1. The van der Waals surface area contributed by atoms with Crippen LogP contribution >= 0.6 is 0 Å². The summed E-state index contributed by atoms with van der Waals surface area (Å²) in [4.78, 5) is 2.31. The second kappa shape index (κ2) is 5.61. The number of rotatable bonds is 6. The first kappa shape index (κ1) is 12.9. The van der Waals surface area contributed by atoms with Crippen LogP contribution in [-0.2, 0) is 0 Å². The molecule has 1 N–H and O–H groups in total. The number of hydrogen-bond acceptors (Lipinski definition) is 2. The van der Waals surface area contributed by atoms with Crippen molar-refractivity contribution in [2.75, 3.05) is 19.6 Å². The Morgan fingerprint density at radius 3 is 2.15 bits per heavy atom. The van der Waals surface area contributed by atoms with Crippen molar-refractivity contribution in [1.29, 1.82) is 0 Å². The monoisotopic (exact) mass is 187 g/mol. The van der Waals surface area contributed by atoms with E-state index in [1.165, 1.54) is 0 Å². The van der Waals surface area contributed by atoms with E-state index in [9.17, 15) is 5.11 Å². The second-order valence-electron chi connectivity index (χ2n) is 4.38. The van der Waals surface area contributed by atoms with Crippen LogP contribution in [0.15, 0.2) is 0 Å². The van der Waals surface area contributed by atoms with E-state index in [1.807, 2.05) is 6.92 Å². The molecule has 0 aromatic heterocycles. The van der Waals surface area contributed by atoms with E-state index in [0.29, 0.717) is 5.92 Å². The fourth-order valence-corrected chi connectivity index (χ4v) is 1.30. The minimum absolute atomic E-state index is 0.318. The summed E-state index contributed by atoms with van der Waals surface area (Å²) in [5.74, 6) is 0.318. The van der Waals surface area contributed by atoms with Gasteiger partial charge in [0, 0.05) is 6.54 Å². The maximum absolute atomic E-state index is 10.1. The maximum atomic E-state index is 10.1. The molecule has 13 heavy (non-hydrogen) atoms. The lowest BCUT2D eigenvalue weighted by Crippen LogP contribution is -2.44. The topological polar surface area (TPSA) is 23.5 Å². The first-order valence-electron chi connectivity index (χ1n) is 5.38. The summed E-state index contributed by atoms with van der Waals surface area (Å²) in [7, 11) is 0. The zero-order valence-electron chi connectivity index (χ0n) is 9.80. The summed E-state index contributed by atoms with van der Waals surface area (Å²) in [5.41, 5.74) is -0.550. The summed E-state index contributed by atoms with van der Waals surface area (Å²) in [6.45, 7) is 13.3. The molecule has 0 spiro atoms. The molecule has 1 unspecified atom stereocenters. The highest BCUT2D eigenvalue weighted by Gasteiger charge is 2.26. The molecule has 2 heteroatoms. The van der Waals surface area contributed by atoms with E-state index in [-0.39, 0.29) is 0 Å². The summed E-state index contributed by atoms with van der Waals surface area (Å²) < 4.78 is 0. The first-order chi connectivity index (χ1) is 5.94. The molecular weight excluding hydrogens is 162 g/mol. The van der Waals surface area contributed by atoms with Gasteiger partial charge >= 0.3 is 0 Å². The zero-order chi connectivity index (χ0) is 10.5. The quantitative estimate of drug-likeness (QED) is 0.688. The van der Waals surface area contributed by atoms with Crippen LogP contribution in [0.4, 0.5) is 0 Å². The van der Waals surface area contributed by atoms with Crippen molar-refractivity contribution in [2.24, 2.45) is 5.92 Å². The summed E-state index contributed by atoms with van der Waals surface area (Å²) in [6, 6.07) is 0. The van der Waals surface area contributed by atoms with E-state index in [1.54, 1.807) is 0 Å². The van der Waals surface area contributed by atoms with Crippen LogP contribution in [0.2, 0.25) is 0 Å². The van der Waals surface area contributed by atoms with Gasteiger partial charge in [-0.05, 0) is 32.4 Å². The van der Waals surface area contributed by atoms with E-state index in [0.717, 1.165) is 26.1 Å². The van der Waals surface area contributed by atoms with Crippen LogP contribution in [0.3, 0.4) is 0 Å². The molecular formula is C11H25NO. The standard InChI is InChI=1S/C11H25NO/c1-6-8-12(7-2)9-11(5,13)10(3)4/h10,13H,6-9H2,1-5H3. The van der Waals surface area contributed by atoms with Crippen molar-refractivity contribution < 1.29 is 5.11 Å². The maximum Gasteiger partial charge on any atom is 0.0768 e. The fraction of sp³-hybridized carbons (Fsp3) is 1.00. The highest BCUT2D eigenvalue weighted by molar-refractivity contribution is 4.80. The molecule has 0 heterocycles. The number of nitrogens with zero attached hydrogens (tertiary/aromatic N) is 1. The number of likely N-dealkylation sites (N-methyl/N-ethyl adjacent to an activating group) is 1. The SMILES string of the molecule is CCCN(CC)CC(C)(O)C(C)C. The van der Waals surface area contributed by atoms with Gasteiger partial charge in [0.1, 0.15) is 0 Å². The third-order valence-electron chi connectivity index (χ3n) is 2.77. The molecule has 0 amide bonds. The molecule has 0 bridgehead atoms. The van der Waals surface area contributed by atoms with E-state index in [2.05, 4.69) is 32.6 Å². The van der Waals surface area contributed by atoms with Gasteiger partial charge < -0.3 is 10.0 Å². The Hall–Kier alpha value is -0.0800. The zero-order valence-corrected chi connectivity index (χ0v) is 9.80. The molecule has 0 aromatic rings. The summed E-state index contributed by atoms with van der Waals surface area (Å²) in [5, 5.41) is 10.1. The van der Waals surface area contributed by atoms with Crippen molar-refractivity contribution in [1.82, 2.24) is 4.90 Å².